The Balaban J connectivity index is 0. The summed E-state index contributed by atoms with van der Waals surface area (Å²) < 4.78 is 51.2. The number of ether oxygens (including phenoxy) is 5. The quantitative estimate of drug-likeness (QED) is 0.0829. The molecule has 0 bridgehead atoms. The summed E-state index contributed by atoms with van der Waals surface area (Å²) in [6, 6.07) is 6.28. The van der Waals surface area contributed by atoms with E-state index in [0.717, 1.165) is 11.6 Å². The molecule has 1 aliphatic heterocycles. The number of methoxy groups -OCH3 is 1. The maximum absolute atomic E-state index is 11.7. The predicted octanol–water partition coefficient (Wildman–Crippen LogP) is 2.77. The van der Waals surface area contributed by atoms with E-state index in [1.165, 1.54) is 26.2 Å². The molecule has 1 heterocycles. The van der Waals surface area contributed by atoms with Crippen molar-refractivity contribution in [2.45, 2.75) is 38.7 Å². The lowest BCUT2D eigenvalue weighted by atomic mass is 10.2. The number of benzene rings is 1. The van der Waals surface area contributed by atoms with Gasteiger partial charge in [-0.3, -0.25) is 4.18 Å². The normalized spacial score (nSPS) is 12.5. The number of rotatable bonds is 13. The molecule has 1 unspecified atom stereocenters. The van der Waals surface area contributed by atoms with Crippen molar-refractivity contribution < 1.29 is 60.6 Å². The first kappa shape index (κ1) is 42.0. The number of aryl methyl sites for hydroxylation is 1. The fourth-order valence-corrected chi connectivity index (χ4v) is 2.90. The van der Waals surface area contributed by atoms with Gasteiger partial charge in [-0.15, -0.1) is 0 Å². The summed E-state index contributed by atoms with van der Waals surface area (Å²) in [5.74, 6) is -1.76. The van der Waals surface area contributed by atoms with Crippen LogP contribution in [0.15, 0.2) is 78.3 Å². The summed E-state index contributed by atoms with van der Waals surface area (Å²) in [7, 11) is -2.48. The Morgan fingerprint density at radius 1 is 0.886 bits per heavy atom. The molecule has 0 radical (unpaired) electrons. The van der Waals surface area contributed by atoms with Crippen molar-refractivity contribution in [3.05, 3.63) is 78.9 Å². The highest BCUT2D eigenvalue weighted by Gasteiger charge is 2.24. The minimum absolute atomic E-state index is 0.0465. The second kappa shape index (κ2) is 23.4. The van der Waals surface area contributed by atoms with Gasteiger partial charge in [0.05, 0.1) is 25.2 Å². The molecule has 0 amide bonds. The van der Waals surface area contributed by atoms with Crippen LogP contribution in [0.3, 0.4) is 0 Å². The molecule has 0 aromatic heterocycles. The fourth-order valence-electron chi connectivity index (χ4n) is 2.01. The number of aliphatic hydroxyl groups excluding tert-OH is 1. The van der Waals surface area contributed by atoms with Gasteiger partial charge in [-0.2, -0.15) is 8.42 Å². The number of aliphatic hydroxyl groups is 1. The summed E-state index contributed by atoms with van der Waals surface area (Å²) in [5.41, 5.74) is 2.07. The third-order valence-electron chi connectivity index (χ3n) is 4.40. The first-order valence-electron chi connectivity index (χ1n) is 12.9. The van der Waals surface area contributed by atoms with E-state index in [-0.39, 0.29) is 54.9 Å². The molecule has 2 rings (SSSR count). The van der Waals surface area contributed by atoms with E-state index in [4.69, 9.17) is 23.5 Å². The van der Waals surface area contributed by atoms with Crippen LogP contribution in [-0.2, 0) is 57.2 Å². The van der Waals surface area contributed by atoms with E-state index in [0.29, 0.717) is 24.4 Å². The van der Waals surface area contributed by atoms with Gasteiger partial charge in [-0.25, -0.2) is 19.2 Å². The number of hydrogen-bond donors (Lipinski definition) is 1. The predicted molar refractivity (Wildman–Crippen MR) is 161 cm³/mol. The van der Waals surface area contributed by atoms with E-state index in [1.54, 1.807) is 26.0 Å². The molecule has 1 fully saturated rings. The minimum Gasteiger partial charge on any atom is -0.466 e. The molecule has 1 atom stereocenters. The summed E-state index contributed by atoms with van der Waals surface area (Å²) in [4.78, 5) is 42.1. The summed E-state index contributed by atoms with van der Waals surface area (Å²) in [6.45, 7) is 20.6. The van der Waals surface area contributed by atoms with Crippen molar-refractivity contribution in [1.82, 2.24) is 0 Å². The number of epoxide rings is 1. The Labute approximate surface area is 258 Å². The number of carbonyl (C=O) groups excluding carboxylic acids is 4. The molecule has 1 N–H and O–H groups in total. The molecule has 14 heteroatoms. The van der Waals surface area contributed by atoms with Crippen molar-refractivity contribution in [1.29, 1.82) is 0 Å². The van der Waals surface area contributed by atoms with Gasteiger partial charge in [0, 0.05) is 22.8 Å². The molecular weight excluding hydrogens is 600 g/mol. The van der Waals surface area contributed by atoms with E-state index in [2.05, 4.69) is 35.8 Å². The molecule has 1 aromatic carbocycles. The van der Waals surface area contributed by atoms with Crippen molar-refractivity contribution in [2.75, 3.05) is 46.8 Å². The Kier molecular flexibility index (Phi) is 22.3. The molecule has 44 heavy (non-hydrogen) atoms. The van der Waals surface area contributed by atoms with Crippen LogP contribution in [0.1, 0.15) is 26.3 Å². The smallest absolute Gasteiger partial charge is 0.333 e. The van der Waals surface area contributed by atoms with Crippen LogP contribution in [0.25, 0.3) is 0 Å². The molecule has 0 aliphatic carbocycles. The lowest BCUT2D eigenvalue weighted by molar-refractivity contribution is -0.140. The average Bonchev–Trinajstić information content (AvgIpc) is 3.82. The largest absolute Gasteiger partial charge is 0.466 e. The van der Waals surface area contributed by atoms with Crippen LogP contribution >= 0.6 is 0 Å². The zero-order chi connectivity index (χ0) is 34.3. The van der Waals surface area contributed by atoms with Crippen LogP contribution < -0.4 is 0 Å². The first-order valence-corrected chi connectivity index (χ1v) is 14.3. The molecular formula is C30H42O13S. The molecule has 1 saturated heterocycles. The Hall–Kier alpha value is -4.11. The van der Waals surface area contributed by atoms with E-state index < -0.39 is 22.1 Å². The van der Waals surface area contributed by atoms with E-state index >= 15 is 0 Å². The second-order valence-electron chi connectivity index (χ2n) is 8.71. The van der Waals surface area contributed by atoms with Crippen LogP contribution in [0, 0.1) is 6.92 Å². The van der Waals surface area contributed by atoms with Crippen LogP contribution in [0.5, 0.6) is 0 Å². The van der Waals surface area contributed by atoms with Crippen molar-refractivity contribution >= 4 is 34.0 Å². The topological polar surface area (TPSA) is 181 Å². The Bertz CT molecular complexity index is 1230. The number of esters is 4. The van der Waals surface area contributed by atoms with Gasteiger partial charge >= 0.3 is 23.9 Å². The standard InChI is InChI=1S/C13H16O5S.C7H10O3.C5H8O3.C5H8O2/c1-10(2)13(14)17-8-9-18-19(15,16)12-6-4-11(3)5-7-12;1-5(2)7(8)10-4-6-3-9-6;1-2-5(7)8-4-3-6;1-4(2)5(6)7-3/h4-7H,1,8-9H2,2-3H3;6H,1,3-4H2,2H3;2,6H,1,3-4H2;1H2,2-3H3. The van der Waals surface area contributed by atoms with E-state index in [9.17, 15) is 27.6 Å². The molecule has 246 valence electrons. The Morgan fingerprint density at radius 3 is 1.77 bits per heavy atom. The molecule has 1 aromatic rings. The van der Waals surface area contributed by atoms with Crippen LogP contribution in [-0.4, -0.2) is 90.3 Å². The molecule has 0 spiro atoms. The fraction of sp³-hybridized carbons (Fsp3) is 0.400. The molecule has 1 aliphatic rings. The van der Waals surface area contributed by atoms with Crippen molar-refractivity contribution in [3.63, 3.8) is 0 Å². The highest BCUT2D eigenvalue weighted by atomic mass is 32.2. The van der Waals surface area contributed by atoms with Gasteiger partial charge < -0.3 is 28.8 Å². The highest BCUT2D eigenvalue weighted by molar-refractivity contribution is 7.86. The van der Waals surface area contributed by atoms with Crippen molar-refractivity contribution in [2.24, 2.45) is 0 Å². The van der Waals surface area contributed by atoms with Crippen LogP contribution in [0.2, 0.25) is 0 Å². The van der Waals surface area contributed by atoms with Gasteiger partial charge in [-0.05, 0) is 39.8 Å². The lowest BCUT2D eigenvalue weighted by Crippen LogP contribution is -2.14. The lowest BCUT2D eigenvalue weighted by Gasteiger charge is -2.07. The van der Waals surface area contributed by atoms with Gasteiger partial charge in [0.2, 0.25) is 0 Å². The van der Waals surface area contributed by atoms with Gasteiger partial charge in [0.1, 0.15) is 32.5 Å². The number of carbonyl (C=O) groups is 4. The highest BCUT2D eigenvalue weighted by Crippen LogP contribution is 2.13. The third kappa shape index (κ3) is 22.5. The van der Waals surface area contributed by atoms with Gasteiger partial charge in [0.15, 0.2) is 0 Å². The average molecular weight is 643 g/mol. The summed E-state index contributed by atoms with van der Waals surface area (Å²) in [5, 5.41) is 8.10. The summed E-state index contributed by atoms with van der Waals surface area (Å²) in [6.07, 6.45) is 1.19. The monoisotopic (exact) mass is 642 g/mol. The van der Waals surface area contributed by atoms with E-state index in [1.807, 2.05) is 6.92 Å². The maximum atomic E-state index is 11.7. The zero-order valence-electron chi connectivity index (χ0n) is 25.8. The van der Waals surface area contributed by atoms with Gasteiger partial charge in [0.25, 0.3) is 10.1 Å². The zero-order valence-corrected chi connectivity index (χ0v) is 26.6. The maximum Gasteiger partial charge on any atom is 0.333 e. The van der Waals surface area contributed by atoms with Crippen LogP contribution in [0.4, 0.5) is 0 Å². The molecule has 0 saturated carbocycles. The minimum atomic E-state index is -3.81. The SMILES string of the molecule is C=C(C)C(=O)OC.C=C(C)C(=O)OCC1CO1.C=C(C)C(=O)OCCOS(=O)(=O)c1ccc(C)cc1.C=CC(=O)OCCO. The third-order valence-corrected chi connectivity index (χ3v) is 5.73. The molecule has 13 nitrogen and oxygen atoms in total. The summed E-state index contributed by atoms with van der Waals surface area (Å²) >= 11 is 0. The van der Waals surface area contributed by atoms with Gasteiger partial charge in [-0.1, -0.05) is 44.0 Å². The second-order valence-corrected chi connectivity index (χ2v) is 10.3. The number of hydrogen-bond acceptors (Lipinski definition) is 13. The first-order chi connectivity index (χ1) is 20.5. The van der Waals surface area contributed by atoms with Crippen molar-refractivity contribution in [3.8, 4) is 0 Å². The Morgan fingerprint density at radius 2 is 1.39 bits per heavy atom.